The van der Waals surface area contributed by atoms with Crippen LogP contribution in [-0.2, 0) is 14.3 Å². The maximum atomic E-state index is 12.6. The third kappa shape index (κ3) is 5.09. The van der Waals surface area contributed by atoms with Crippen LogP contribution in [0.4, 0.5) is 0 Å². The zero-order valence-electron chi connectivity index (χ0n) is 15.5. The van der Waals surface area contributed by atoms with Crippen LogP contribution >= 0.6 is 11.8 Å². The summed E-state index contributed by atoms with van der Waals surface area (Å²) in [5, 5.41) is 2.65. The number of benzene rings is 1. The molecule has 0 aromatic heterocycles. The van der Waals surface area contributed by atoms with Gasteiger partial charge in [-0.05, 0) is 37.0 Å². The summed E-state index contributed by atoms with van der Waals surface area (Å²) in [7, 11) is 0. The number of hydrogen-bond acceptors (Lipinski definition) is 6. The lowest BCUT2D eigenvalue weighted by atomic mass is 10.1. The highest BCUT2D eigenvalue weighted by molar-refractivity contribution is 7.98. The number of esters is 1. The van der Waals surface area contributed by atoms with Gasteiger partial charge in [-0.25, -0.2) is 4.79 Å². The fourth-order valence-corrected chi connectivity index (χ4v) is 3.22. The van der Waals surface area contributed by atoms with Gasteiger partial charge >= 0.3 is 5.97 Å². The number of unbranched alkanes of at least 4 members (excludes halogenated alkanes) is 1. The molecule has 7 nitrogen and oxygen atoms in total. The molecule has 146 valence electrons. The Balaban J connectivity index is 2.07. The zero-order valence-corrected chi connectivity index (χ0v) is 16.3. The second-order valence-corrected chi connectivity index (χ2v) is 7.12. The predicted molar refractivity (Wildman–Crippen MR) is 103 cm³/mol. The number of thioether (sulfide) groups is 1. The third-order valence-electron chi connectivity index (χ3n) is 4.20. The molecule has 0 bridgehead atoms. The minimum absolute atomic E-state index is 0.267. The van der Waals surface area contributed by atoms with Crippen LogP contribution in [0.1, 0.15) is 46.9 Å². The maximum absolute atomic E-state index is 12.6. The molecule has 0 aliphatic carbocycles. The van der Waals surface area contributed by atoms with E-state index in [0.717, 1.165) is 17.7 Å². The first-order valence-corrected chi connectivity index (χ1v) is 10.3. The van der Waals surface area contributed by atoms with Crippen molar-refractivity contribution in [1.82, 2.24) is 10.2 Å². The molecule has 3 amide bonds. The Bertz CT molecular complexity index is 687. The van der Waals surface area contributed by atoms with E-state index in [9.17, 15) is 19.2 Å². The van der Waals surface area contributed by atoms with E-state index in [1.165, 1.54) is 11.8 Å². The number of hydrogen-bond donors (Lipinski definition) is 1. The number of carbonyl (C=O) groups is 4. The third-order valence-corrected chi connectivity index (χ3v) is 4.85. The van der Waals surface area contributed by atoms with Gasteiger partial charge in [-0.2, -0.15) is 11.8 Å². The molecular weight excluding hydrogens is 368 g/mol. The molecule has 1 heterocycles. The second-order valence-electron chi connectivity index (χ2n) is 6.13. The Morgan fingerprint density at radius 3 is 2.37 bits per heavy atom. The second kappa shape index (κ2) is 10.1. The van der Waals surface area contributed by atoms with E-state index in [2.05, 4.69) is 5.32 Å². The standard InChI is InChI=1S/C19H24N2O5S/c1-3-4-10-20-16(22)12-26-19(25)15(9-11-27-2)21-17(23)13-7-5-6-8-14(13)18(21)24/h5-8,15H,3-4,9-12H2,1-2H3,(H,20,22)/t15-/m0/s1. The average Bonchev–Trinajstić information content (AvgIpc) is 2.92. The summed E-state index contributed by atoms with van der Waals surface area (Å²) in [5.74, 6) is -1.60. The van der Waals surface area contributed by atoms with Crippen molar-refractivity contribution in [2.45, 2.75) is 32.2 Å². The van der Waals surface area contributed by atoms with Gasteiger partial charge in [0.15, 0.2) is 6.61 Å². The molecular formula is C19H24N2O5S. The van der Waals surface area contributed by atoms with E-state index in [4.69, 9.17) is 4.74 Å². The van der Waals surface area contributed by atoms with Crippen molar-refractivity contribution in [3.63, 3.8) is 0 Å². The molecule has 0 radical (unpaired) electrons. The Morgan fingerprint density at radius 1 is 1.19 bits per heavy atom. The Morgan fingerprint density at radius 2 is 1.81 bits per heavy atom. The molecule has 1 N–H and O–H groups in total. The van der Waals surface area contributed by atoms with E-state index < -0.39 is 36.3 Å². The van der Waals surface area contributed by atoms with Gasteiger partial charge in [0.05, 0.1) is 11.1 Å². The van der Waals surface area contributed by atoms with E-state index in [1.54, 1.807) is 24.3 Å². The minimum atomic E-state index is -1.05. The summed E-state index contributed by atoms with van der Waals surface area (Å²) in [5.41, 5.74) is 0.559. The van der Waals surface area contributed by atoms with Crippen molar-refractivity contribution in [2.75, 3.05) is 25.2 Å². The normalized spacial score (nSPS) is 14.1. The van der Waals surface area contributed by atoms with Crippen molar-refractivity contribution < 1.29 is 23.9 Å². The van der Waals surface area contributed by atoms with Crippen molar-refractivity contribution in [1.29, 1.82) is 0 Å². The first-order valence-electron chi connectivity index (χ1n) is 8.90. The Hall–Kier alpha value is -2.35. The molecule has 1 aliphatic rings. The van der Waals surface area contributed by atoms with Crippen LogP contribution in [0.2, 0.25) is 0 Å². The van der Waals surface area contributed by atoms with Crippen molar-refractivity contribution in [2.24, 2.45) is 0 Å². The number of fused-ring (bicyclic) bond motifs is 1. The lowest BCUT2D eigenvalue weighted by Gasteiger charge is -2.24. The van der Waals surface area contributed by atoms with E-state index in [1.807, 2.05) is 13.2 Å². The van der Waals surface area contributed by atoms with E-state index in [-0.39, 0.29) is 17.5 Å². The number of carbonyl (C=O) groups excluding carboxylic acids is 4. The minimum Gasteiger partial charge on any atom is -0.454 e. The van der Waals surface area contributed by atoms with Crippen molar-refractivity contribution >= 4 is 35.5 Å². The molecule has 0 saturated heterocycles. The molecule has 8 heteroatoms. The van der Waals surface area contributed by atoms with Gasteiger partial charge in [0.25, 0.3) is 17.7 Å². The van der Waals surface area contributed by atoms with Crippen LogP contribution in [0, 0.1) is 0 Å². The van der Waals surface area contributed by atoms with Crippen LogP contribution in [0.3, 0.4) is 0 Å². The van der Waals surface area contributed by atoms with Gasteiger partial charge in [-0.3, -0.25) is 19.3 Å². The van der Waals surface area contributed by atoms with Gasteiger partial charge in [0.2, 0.25) is 0 Å². The number of amides is 3. The van der Waals surface area contributed by atoms with Gasteiger partial charge in [-0.15, -0.1) is 0 Å². The number of nitrogens with zero attached hydrogens (tertiary/aromatic N) is 1. The summed E-state index contributed by atoms with van der Waals surface area (Å²) >= 11 is 1.49. The first kappa shape index (κ1) is 21.0. The predicted octanol–water partition coefficient (Wildman–Crippen LogP) is 1.86. The fourth-order valence-electron chi connectivity index (χ4n) is 2.76. The van der Waals surface area contributed by atoms with E-state index in [0.29, 0.717) is 12.3 Å². The Kier molecular flexibility index (Phi) is 7.84. The highest BCUT2D eigenvalue weighted by Gasteiger charge is 2.43. The molecule has 2 rings (SSSR count). The number of nitrogens with one attached hydrogen (secondary N) is 1. The molecule has 0 spiro atoms. The molecule has 1 aliphatic heterocycles. The van der Waals surface area contributed by atoms with Gasteiger partial charge in [-0.1, -0.05) is 25.5 Å². The van der Waals surface area contributed by atoms with Gasteiger partial charge in [0, 0.05) is 6.54 Å². The first-order chi connectivity index (χ1) is 13.0. The summed E-state index contributed by atoms with van der Waals surface area (Å²) in [6, 6.07) is 5.42. The van der Waals surface area contributed by atoms with Gasteiger partial charge < -0.3 is 10.1 Å². The van der Waals surface area contributed by atoms with Crippen LogP contribution in [0.15, 0.2) is 24.3 Å². The summed E-state index contributed by atoms with van der Waals surface area (Å²) < 4.78 is 5.10. The van der Waals surface area contributed by atoms with Crippen LogP contribution in [0.5, 0.6) is 0 Å². The molecule has 0 saturated carbocycles. The summed E-state index contributed by atoms with van der Waals surface area (Å²) in [4.78, 5) is 50.5. The van der Waals surface area contributed by atoms with Crippen LogP contribution < -0.4 is 5.32 Å². The molecule has 0 fully saturated rings. The lowest BCUT2D eigenvalue weighted by Crippen LogP contribution is -2.46. The molecule has 1 aromatic rings. The highest BCUT2D eigenvalue weighted by Crippen LogP contribution is 2.26. The largest absolute Gasteiger partial charge is 0.454 e. The van der Waals surface area contributed by atoms with Gasteiger partial charge in [0.1, 0.15) is 6.04 Å². The zero-order chi connectivity index (χ0) is 19.8. The van der Waals surface area contributed by atoms with E-state index >= 15 is 0 Å². The number of imide groups is 1. The fraction of sp³-hybridized carbons (Fsp3) is 0.474. The SMILES string of the molecule is CCCCNC(=O)COC(=O)[C@H](CCSC)N1C(=O)c2ccccc2C1=O. The van der Waals surface area contributed by atoms with Crippen molar-refractivity contribution in [3.05, 3.63) is 35.4 Å². The topological polar surface area (TPSA) is 92.8 Å². The monoisotopic (exact) mass is 392 g/mol. The smallest absolute Gasteiger partial charge is 0.329 e. The van der Waals surface area contributed by atoms with Crippen LogP contribution in [-0.4, -0.2) is 59.8 Å². The summed E-state index contributed by atoms with van der Waals surface area (Å²) in [6.07, 6.45) is 3.91. The molecule has 27 heavy (non-hydrogen) atoms. The Labute approximate surface area is 162 Å². The highest BCUT2D eigenvalue weighted by atomic mass is 32.2. The molecule has 0 unspecified atom stereocenters. The quantitative estimate of drug-likeness (QED) is 0.371. The molecule has 1 aromatic carbocycles. The molecule has 1 atom stereocenters. The average molecular weight is 392 g/mol. The number of rotatable bonds is 10. The maximum Gasteiger partial charge on any atom is 0.329 e. The summed E-state index contributed by atoms with van der Waals surface area (Å²) in [6.45, 7) is 2.09. The number of ether oxygens (including phenoxy) is 1. The lowest BCUT2D eigenvalue weighted by molar-refractivity contribution is -0.152. The van der Waals surface area contributed by atoms with Crippen molar-refractivity contribution in [3.8, 4) is 0 Å². The van der Waals surface area contributed by atoms with Crippen LogP contribution in [0.25, 0.3) is 0 Å².